The monoisotopic (exact) mass is 290 g/mol. The van der Waals surface area contributed by atoms with Crippen molar-refractivity contribution in [2.75, 3.05) is 0 Å². The minimum Gasteiger partial charge on any atom is -0.507 e. The maximum atomic E-state index is 13.7. The molecular formula is C16H19FN2O2. The van der Waals surface area contributed by atoms with Crippen LogP contribution in [0.3, 0.4) is 0 Å². The third kappa shape index (κ3) is 3.15. The summed E-state index contributed by atoms with van der Waals surface area (Å²) in [5.41, 5.74) is -1.36. The van der Waals surface area contributed by atoms with E-state index in [1.807, 2.05) is 0 Å². The Labute approximate surface area is 123 Å². The Morgan fingerprint density at radius 1 is 1.52 bits per heavy atom. The van der Waals surface area contributed by atoms with E-state index in [2.05, 4.69) is 18.3 Å². The fourth-order valence-corrected chi connectivity index (χ4v) is 2.86. The van der Waals surface area contributed by atoms with Crippen LogP contribution in [0.4, 0.5) is 4.39 Å². The first-order chi connectivity index (χ1) is 10.0. The molecule has 1 saturated carbocycles. The van der Waals surface area contributed by atoms with Crippen LogP contribution in [0.25, 0.3) is 0 Å². The first-order valence-electron chi connectivity index (χ1n) is 7.22. The van der Waals surface area contributed by atoms with Crippen LogP contribution in [0, 0.1) is 23.1 Å². The zero-order valence-corrected chi connectivity index (χ0v) is 12.0. The van der Waals surface area contributed by atoms with Crippen molar-refractivity contribution in [2.45, 2.75) is 44.6 Å². The Bertz CT molecular complexity index is 552. The Morgan fingerprint density at radius 2 is 2.19 bits per heavy atom. The number of rotatable bonds is 3. The molecule has 1 aromatic rings. The van der Waals surface area contributed by atoms with Crippen molar-refractivity contribution < 1.29 is 14.3 Å². The van der Waals surface area contributed by atoms with E-state index in [9.17, 15) is 19.6 Å². The molecule has 1 aliphatic rings. The van der Waals surface area contributed by atoms with Crippen LogP contribution in [-0.2, 0) is 0 Å². The van der Waals surface area contributed by atoms with Crippen molar-refractivity contribution in [1.29, 1.82) is 5.26 Å². The highest BCUT2D eigenvalue weighted by Gasteiger charge is 2.37. The predicted octanol–water partition coefficient (Wildman–Crippen LogP) is 3.12. The summed E-state index contributed by atoms with van der Waals surface area (Å²) in [6, 6.07) is 5.86. The van der Waals surface area contributed by atoms with Crippen LogP contribution in [0.1, 0.15) is 49.4 Å². The van der Waals surface area contributed by atoms with Gasteiger partial charge in [0.15, 0.2) is 0 Å². The summed E-state index contributed by atoms with van der Waals surface area (Å²) in [7, 11) is 0. The zero-order valence-electron chi connectivity index (χ0n) is 12.0. The number of aromatic hydroxyl groups is 1. The van der Waals surface area contributed by atoms with Crippen LogP contribution in [0.2, 0.25) is 0 Å². The summed E-state index contributed by atoms with van der Waals surface area (Å²) in [5.74, 6) is -1.36. The van der Waals surface area contributed by atoms with Crippen molar-refractivity contribution in [2.24, 2.45) is 5.92 Å². The highest BCUT2D eigenvalue weighted by molar-refractivity contribution is 5.97. The van der Waals surface area contributed by atoms with Crippen LogP contribution in [-0.4, -0.2) is 16.6 Å². The second-order valence-corrected chi connectivity index (χ2v) is 5.63. The molecule has 0 atom stereocenters. The summed E-state index contributed by atoms with van der Waals surface area (Å²) >= 11 is 0. The molecular weight excluding hydrogens is 271 g/mol. The van der Waals surface area contributed by atoms with Gasteiger partial charge in [-0.25, -0.2) is 4.39 Å². The summed E-state index contributed by atoms with van der Waals surface area (Å²) in [6.07, 6.45) is 3.91. The molecule has 4 nitrogen and oxygen atoms in total. The molecule has 2 N–H and O–H groups in total. The summed E-state index contributed by atoms with van der Waals surface area (Å²) in [4.78, 5) is 12.2. The van der Waals surface area contributed by atoms with Gasteiger partial charge in [0, 0.05) is 0 Å². The van der Waals surface area contributed by atoms with E-state index in [4.69, 9.17) is 0 Å². The largest absolute Gasteiger partial charge is 0.507 e. The number of phenolic OH excluding ortho intramolecular Hbond substituents is 1. The number of benzene rings is 1. The highest BCUT2D eigenvalue weighted by Crippen LogP contribution is 2.34. The molecule has 0 heterocycles. The molecule has 1 amide bonds. The molecule has 1 aromatic carbocycles. The number of nitrogens with zero attached hydrogens (tertiary/aromatic N) is 1. The van der Waals surface area contributed by atoms with Crippen molar-refractivity contribution in [3.05, 3.63) is 29.6 Å². The SMILES string of the molecule is CCC1CCC(C#N)(NC(=O)c2c(O)cccc2F)CC1. The van der Waals surface area contributed by atoms with Crippen LogP contribution in [0.5, 0.6) is 5.75 Å². The van der Waals surface area contributed by atoms with Crippen LogP contribution >= 0.6 is 0 Å². The zero-order chi connectivity index (χ0) is 15.5. The number of amides is 1. The minimum atomic E-state index is -0.961. The van der Waals surface area contributed by atoms with Crippen molar-refractivity contribution in [3.63, 3.8) is 0 Å². The first-order valence-corrected chi connectivity index (χ1v) is 7.22. The molecule has 0 aliphatic heterocycles. The van der Waals surface area contributed by atoms with E-state index in [0.29, 0.717) is 18.8 Å². The number of carbonyl (C=O) groups excluding carboxylic acids is 1. The molecule has 0 bridgehead atoms. The lowest BCUT2D eigenvalue weighted by Gasteiger charge is -2.35. The van der Waals surface area contributed by atoms with Crippen molar-refractivity contribution in [3.8, 4) is 11.8 Å². The minimum absolute atomic E-state index is 0.398. The summed E-state index contributed by atoms with van der Waals surface area (Å²) in [5, 5.41) is 21.7. The van der Waals surface area contributed by atoms with E-state index in [0.717, 1.165) is 25.3 Å². The number of halogens is 1. The van der Waals surface area contributed by atoms with Gasteiger partial charge in [-0.05, 0) is 43.7 Å². The molecule has 0 saturated heterocycles. The highest BCUT2D eigenvalue weighted by atomic mass is 19.1. The predicted molar refractivity (Wildman–Crippen MR) is 76.1 cm³/mol. The van der Waals surface area contributed by atoms with Gasteiger partial charge in [-0.1, -0.05) is 19.4 Å². The maximum Gasteiger partial charge on any atom is 0.259 e. The Morgan fingerprint density at radius 3 is 2.71 bits per heavy atom. The van der Waals surface area contributed by atoms with Crippen LogP contribution < -0.4 is 5.32 Å². The topological polar surface area (TPSA) is 73.1 Å². The number of nitrogens with one attached hydrogen (secondary N) is 1. The smallest absolute Gasteiger partial charge is 0.259 e. The van der Waals surface area contributed by atoms with E-state index in [1.165, 1.54) is 12.1 Å². The number of phenols is 1. The first kappa shape index (κ1) is 15.3. The fourth-order valence-electron chi connectivity index (χ4n) is 2.86. The number of carbonyl (C=O) groups is 1. The molecule has 0 spiro atoms. The molecule has 0 radical (unpaired) electrons. The van der Waals surface area contributed by atoms with Gasteiger partial charge < -0.3 is 10.4 Å². The van der Waals surface area contributed by atoms with E-state index < -0.39 is 28.6 Å². The van der Waals surface area contributed by atoms with Crippen molar-refractivity contribution in [1.82, 2.24) is 5.32 Å². The Hall–Kier alpha value is -2.09. The van der Waals surface area contributed by atoms with Gasteiger partial charge in [0.05, 0.1) is 6.07 Å². The lowest BCUT2D eigenvalue weighted by Crippen LogP contribution is -2.49. The van der Waals surface area contributed by atoms with E-state index in [-0.39, 0.29) is 0 Å². The average molecular weight is 290 g/mol. The van der Waals surface area contributed by atoms with Crippen LogP contribution in [0.15, 0.2) is 18.2 Å². The van der Waals surface area contributed by atoms with E-state index in [1.54, 1.807) is 0 Å². The Kier molecular flexibility index (Phi) is 4.46. The molecule has 0 unspecified atom stereocenters. The number of hydrogen-bond donors (Lipinski definition) is 2. The third-order valence-electron chi connectivity index (χ3n) is 4.32. The fraction of sp³-hybridized carbons (Fsp3) is 0.500. The maximum absolute atomic E-state index is 13.7. The van der Waals surface area contributed by atoms with Gasteiger partial charge in [0.25, 0.3) is 5.91 Å². The molecule has 1 fully saturated rings. The van der Waals surface area contributed by atoms with Gasteiger partial charge in [-0.2, -0.15) is 5.26 Å². The lowest BCUT2D eigenvalue weighted by atomic mass is 9.76. The summed E-state index contributed by atoms with van der Waals surface area (Å²) < 4.78 is 13.7. The van der Waals surface area contributed by atoms with Gasteiger partial charge in [0.2, 0.25) is 0 Å². The van der Waals surface area contributed by atoms with Gasteiger partial charge >= 0.3 is 0 Å². The molecule has 5 heteroatoms. The summed E-state index contributed by atoms with van der Waals surface area (Å²) in [6.45, 7) is 2.11. The van der Waals surface area contributed by atoms with Gasteiger partial charge in [-0.15, -0.1) is 0 Å². The van der Waals surface area contributed by atoms with Gasteiger partial charge in [0.1, 0.15) is 22.7 Å². The molecule has 112 valence electrons. The number of hydrogen-bond acceptors (Lipinski definition) is 3. The standard InChI is InChI=1S/C16H19FN2O2/c1-2-11-6-8-16(10-18,9-7-11)19-15(21)14-12(17)4-3-5-13(14)20/h3-5,11,20H,2,6-9H2,1H3,(H,19,21). The molecule has 1 aliphatic carbocycles. The van der Waals surface area contributed by atoms with Crippen molar-refractivity contribution >= 4 is 5.91 Å². The quantitative estimate of drug-likeness (QED) is 0.898. The lowest BCUT2D eigenvalue weighted by molar-refractivity contribution is 0.0884. The second kappa shape index (κ2) is 6.13. The molecule has 2 rings (SSSR count). The normalized spacial score (nSPS) is 25.1. The van der Waals surface area contributed by atoms with E-state index >= 15 is 0 Å². The second-order valence-electron chi connectivity index (χ2n) is 5.63. The molecule has 0 aromatic heterocycles. The number of nitriles is 1. The molecule has 21 heavy (non-hydrogen) atoms. The van der Waals surface area contributed by atoms with Gasteiger partial charge in [-0.3, -0.25) is 4.79 Å². The third-order valence-corrected chi connectivity index (χ3v) is 4.32. The Balaban J connectivity index is 2.16. The average Bonchev–Trinajstić information content (AvgIpc) is 2.48.